The molecule has 11 nitrogen and oxygen atoms in total. The van der Waals surface area contributed by atoms with E-state index in [2.05, 4.69) is 83.6 Å². The minimum Gasteiger partial charge on any atom is -0.475 e. The van der Waals surface area contributed by atoms with Crippen molar-refractivity contribution in [2.45, 2.75) is 213 Å². The van der Waals surface area contributed by atoms with Crippen molar-refractivity contribution < 1.29 is 37.3 Å². The van der Waals surface area contributed by atoms with Crippen molar-refractivity contribution in [3.8, 4) is 11.9 Å². The van der Waals surface area contributed by atoms with Gasteiger partial charge in [0.05, 0.1) is 10.9 Å². The minimum absolute atomic E-state index is 0.0142. The van der Waals surface area contributed by atoms with E-state index >= 15 is 0 Å². The first-order chi connectivity index (χ1) is 34.5. The second-order valence-electron chi connectivity index (χ2n) is 26.0. The van der Waals surface area contributed by atoms with Crippen LogP contribution in [0.1, 0.15) is 202 Å². The highest BCUT2D eigenvalue weighted by molar-refractivity contribution is 7.91. The lowest BCUT2D eigenvalue weighted by Crippen LogP contribution is -2.68. The van der Waals surface area contributed by atoms with Crippen LogP contribution in [0.5, 0.6) is 5.88 Å². The molecule has 0 bridgehead atoms. The number of carbonyl (C=O) groups excluding carboxylic acids is 2. The van der Waals surface area contributed by atoms with Crippen LogP contribution in [0.15, 0.2) is 53.8 Å². The zero-order valence-electron chi connectivity index (χ0n) is 46.1. The summed E-state index contributed by atoms with van der Waals surface area (Å²) in [7, 11) is -3.09. The standard InChI is InChI=1S/C61H91N3O8S/c1-10-11-12-13-14-17-51(65)71-41-72-54(66)59(40-70-53-44(39-62)16-15-37-63-53)29-20-43(21-30-59)47-25-27-56(6)49(55(47,4)5)26-28-58(8)50(56)19-18-48-52-46(42(2)3)24-33-61(52,35-34-57(48,58)7)64-38-36-60(67)31-22-45(23-32-60)73(9,68)69/h15-16,20,25,37,45-46,48-50,52,64,67H,2,10-14,17-19,21-24,26-36,38,40-41H2,1,3-9H3/t45-,46-,48+,49-,50+,52+,56-,57+,58+,59+,60+,61-/m0/s1. The normalized spacial score (nSPS) is 37.7. The molecule has 0 unspecified atom stereocenters. The van der Waals surface area contributed by atoms with Gasteiger partial charge in [0.1, 0.15) is 33.5 Å². The van der Waals surface area contributed by atoms with Gasteiger partial charge in [0.2, 0.25) is 12.7 Å². The monoisotopic (exact) mass is 1030 g/mol. The maximum absolute atomic E-state index is 14.2. The molecule has 0 aliphatic heterocycles. The lowest BCUT2D eigenvalue weighted by atomic mass is 9.33. The number of esters is 2. The molecule has 0 spiro atoms. The Morgan fingerprint density at radius 1 is 0.890 bits per heavy atom. The summed E-state index contributed by atoms with van der Waals surface area (Å²) < 4.78 is 41.9. The van der Waals surface area contributed by atoms with Crippen LogP contribution in [-0.2, 0) is 28.9 Å². The number of ether oxygens (including phenoxy) is 3. The number of hydrogen-bond donors (Lipinski definition) is 2. The van der Waals surface area contributed by atoms with Gasteiger partial charge >= 0.3 is 11.9 Å². The summed E-state index contributed by atoms with van der Waals surface area (Å²) >= 11 is 0. The molecule has 8 rings (SSSR count). The number of fused-ring (bicyclic) bond motifs is 7. The van der Waals surface area contributed by atoms with Gasteiger partial charge in [-0.1, -0.05) is 91.5 Å². The molecule has 0 saturated heterocycles. The molecule has 5 fully saturated rings. The Kier molecular flexibility index (Phi) is 16.4. The predicted molar refractivity (Wildman–Crippen MR) is 287 cm³/mol. The highest BCUT2D eigenvalue weighted by Gasteiger charge is 2.70. The summed E-state index contributed by atoms with van der Waals surface area (Å²) in [5.74, 6) is 1.98. The molecule has 73 heavy (non-hydrogen) atoms. The summed E-state index contributed by atoms with van der Waals surface area (Å²) in [5, 5.41) is 25.3. The molecule has 0 aromatic carbocycles. The Morgan fingerprint density at radius 2 is 1.64 bits per heavy atom. The van der Waals surface area contributed by atoms with Crippen LogP contribution in [0.2, 0.25) is 0 Å². The Hall–Kier alpha value is -3.53. The van der Waals surface area contributed by atoms with Gasteiger partial charge < -0.3 is 24.6 Å². The first kappa shape index (κ1) is 55.7. The number of nitrogens with zero attached hydrogens (tertiary/aromatic N) is 2. The van der Waals surface area contributed by atoms with Gasteiger partial charge in [0.15, 0.2) is 0 Å². The number of nitriles is 1. The number of pyridine rings is 1. The van der Waals surface area contributed by atoms with E-state index in [1.54, 1.807) is 18.3 Å². The van der Waals surface area contributed by atoms with Gasteiger partial charge in [-0.05, 0) is 204 Å². The Balaban J connectivity index is 0.976. The zero-order chi connectivity index (χ0) is 52.7. The number of sulfone groups is 1. The van der Waals surface area contributed by atoms with Crippen molar-refractivity contribution in [3.63, 3.8) is 0 Å². The van der Waals surface area contributed by atoms with E-state index in [9.17, 15) is 28.4 Å². The van der Waals surface area contributed by atoms with Crippen LogP contribution in [-0.4, -0.2) is 73.0 Å². The Morgan fingerprint density at radius 3 is 2.33 bits per heavy atom. The molecule has 12 heteroatoms. The maximum Gasteiger partial charge on any atom is 0.318 e. The van der Waals surface area contributed by atoms with Gasteiger partial charge in [0.25, 0.3) is 0 Å². The molecule has 404 valence electrons. The molecule has 0 radical (unpaired) electrons. The molecule has 1 aromatic heterocycles. The lowest BCUT2D eigenvalue weighted by Gasteiger charge is -2.72. The molecule has 7 aliphatic rings. The van der Waals surface area contributed by atoms with Crippen LogP contribution in [0.25, 0.3) is 0 Å². The molecule has 1 aromatic rings. The van der Waals surface area contributed by atoms with E-state index in [0.29, 0.717) is 92.9 Å². The Bertz CT molecular complexity index is 2430. The summed E-state index contributed by atoms with van der Waals surface area (Å²) in [6.45, 7) is 22.3. The zero-order valence-corrected chi connectivity index (χ0v) is 46.9. The van der Waals surface area contributed by atoms with E-state index in [-0.39, 0.29) is 50.9 Å². The van der Waals surface area contributed by atoms with Crippen molar-refractivity contribution in [3.05, 3.63) is 59.3 Å². The van der Waals surface area contributed by atoms with Crippen molar-refractivity contribution in [1.82, 2.24) is 10.3 Å². The van der Waals surface area contributed by atoms with Crippen molar-refractivity contribution in [1.29, 1.82) is 5.26 Å². The SMILES string of the molecule is C=C(C)[C@@H]1CC[C@]2(NCC[C@]3(O)CC[C@@H](S(C)(=O)=O)CC3)CC[C@]3(C)[C@H](CC[C@@H]4[C@@]5(C)CC=C(C6=CC[C@@](COc7ncccc7C#N)(C(=O)OCOC(=O)CCCCCCC)CC6)C(C)(C)[C@@H]5CC[C@]43C)[C@@H]12. The summed E-state index contributed by atoms with van der Waals surface area (Å²) in [6.07, 6.45) is 28.0. The number of nitrogens with one attached hydrogen (secondary N) is 1. The van der Waals surface area contributed by atoms with E-state index in [4.69, 9.17) is 14.2 Å². The molecular formula is C61H91N3O8S. The highest BCUT2D eigenvalue weighted by atomic mass is 32.2. The fraction of sp³-hybridized carbons (Fsp3) is 0.770. The topological polar surface area (TPSA) is 165 Å². The van der Waals surface area contributed by atoms with Gasteiger partial charge in [-0.15, -0.1) is 0 Å². The first-order valence-corrected chi connectivity index (χ1v) is 30.5. The van der Waals surface area contributed by atoms with Crippen molar-refractivity contribution in [2.75, 3.05) is 26.2 Å². The van der Waals surface area contributed by atoms with Crippen LogP contribution in [0.3, 0.4) is 0 Å². The van der Waals surface area contributed by atoms with Gasteiger partial charge in [-0.2, -0.15) is 5.26 Å². The highest BCUT2D eigenvalue weighted by Crippen LogP contribution is 2.76. The largest absolute Gasteiger partial charge is 0.475 e. The van der Waals surface area contributed by atoms with Gasteiger partial charge in [0, 0.05) is 24.4 Å². The third-order valence-electron chi connectivity index (χ3n) is 21.8. The average Bonchev–Trinajstić information content (AvgIpc) is 3.73. The molecule has 0 amide bonds. The molecule has 7 aliphatic carbocycles. The van der Waals surface area contributed by atoms with Gasteiger partial charge in [-0.3, -0.25) is 9.59 Å². The average molecular weight is 1030 g/mol. The van der Waals surface area contributed by atoms with Crippen LogP contribution in [0.4, 0.5) is 0 Å². The molecule has 1 heterocycles. The van der Waals surface area contributed by atoms with E-state index in [1.165, 1.54) is 55.1 Å². The predicted octanol–water partition coefficient (Wildman–Crippen LogP) is 12.5. The number of allylic oxidation sites excluding steroid dienone is 5. The third kappa shape index (κ3) is 10.5. The summed E-state index contributed by atoms with van der Waals surface area (Å²) in [5.41, 5.74) is 2.86. The smallest absolute Gasteiger partial charge is 0.318 e. The van der Waals surface area contributed by atoms with Crippen molar-refractivity contribution >= 4 is 21.8 Å². The minimum atomic E-state index is -3.09. The lowest BCUT2D eigenvalue weighted by molar-refractivity contribution is -0.221. The number of carbonyl (C=O) groups is 2. The van der Waals surface area contributed by atoms with E-state index < -0.39 is 33.6 Å². The van der Waals surface area contributed by atoms with Crippen molar-refractivity contribution in [2.24, 2.45) is 56.7 Å². The second kappa shape index (κ2) is 21.5. The summed E-state index contributed by atoms with van der Waals surface area (Å²) in [6, 6.07) is 5.49. The maximum atomic E-state index is 14.2. The van der Waals surface area contributed by atoms with Crippen LogP contribution in [0, 0.1) is 68.0 Å². The number of hydrogen-bond acceptors (Lipinski definition) is 11. The van der Waals surface area contributed by atoms with E-state index in [0.717, 1.165) is 64.3 Å². The number of rotatable bonds is 19. The second-order valence-corrected chi connectivity index (χ2v) is 28.3. The molecule has 5 saturated carbocycles. The fourth-order valence-electron chi connectivity index (χ4n) is 17.5. The number of aliphatic hydroxyl groups is 1. The number of unbranched alkanes of at least 4 members (excludes halogenated alkanes) is 4. The fourth-order valence-corrected chi connectivity index (χ4v) is 18.6. The number of aromatic nitrogens is 1. The first-order valence-electron chi connectivity index (χ1n) is 28.5. The Labute approximate surface area is 439 Å². The quantitative estimate of drug-likeness (QED) is 0.0586. The van der Waals surface area contributed by atoms with Crippen LogP contribution < -0.4 is 10.1 Å². The molecular weight excluding hydrogens is 935 g/mol. The third-order valence-corrected chi connectivity index (χ3v) is 23.5. The van der Waals surface area contributed by atoms with Gasteiger partial charge in [-0.25, -0.2) is 13.4 Å². The van der Waals surface area contributed by atoms with E-state index in [1.807, 2.05) is 0 Å². The molecule has 2 N–H and O–H groups in total. The van der Waals surface area contributed by atoms with Crippen LogP contribution >= 0.6 is 0 Å². The molecule has 10 atom stereocenters. The summed E-state index contributed by atoms with van der Waals surface area (Å²) in [4.78, 5) is 31.0.